The predicted molar refractivity (Wildman–Crippen MR) is 86.8 cm³/mol. The van der Waals surface area contributed by atoms with Crippen LogP contribution in [0.2, 0.25) is 0 Å². The molecule has 3 nitrogen and oxygen atoms in total. The highest BCUT2D eigenvalue weighted by Gasteiger charge is 2.26. The Kier molecular flexibility index (Phi) is 3.63. The summed E-state index contributed by atoms with van der Waals surface area (Å²) in [5.41, 5.74) is 4.53. The van der Waals surface area contributed by atoms with Crippen LogP contribution < -0.4 is 10.2 Å². The zero-order chi connectivity index (χ0) is 14.2. The quantitative estimate of drug-likeness (QED) is 0.848. The number of rotatable bonds is 1. The fourth-order valence-corrected chi connectivity index (χ4v) is 3.29. The number of piperazine rings is 1. The predicted octanol–water partition coefficient (Wildman–Crippen LogP) is 2.97. The lowest BCUT2D eigenvalue weighted by Crippen LogP contribution is -2.53. The maximum Gasteiger partial charge on any atom is 0.0374 e. The third-order valence-corrected chi connectivity index (χ3v) is 4.62. The van der Waals surface area contributed by atoms with E-state index in [9.17, 15) is 0 Å². The number of hydrogen-bond donors (Lipinski definition) is 1. The zero-order valence-corrected chi connectivity index (χ0v) is 13.1. The highest BCUT2D eigenvalue weighted by Crippen LogP contribution is 2.28. The smallest absolute Gasteiger partial charge is 0.0374 e. The molecule has 0 aliphatic carbocycles. The summed E-state index contributed by atoms with van der Waals surface area (Å²) in [5, 5.41) is 3.49. The van der Waals surface area contributed by atoms with Crippen molar-refractivity contribution in [3.63, 3.8) is 0 Å². The lowest BCUT2D eigenvalue weighted by molar-refractivity contribution is 0.128. The molecule has 0 atom stereocenters. The van der Waals surface area contributed by atoms with E-state index in [1.54, 1.807) is 0 Å². The van der Waals surface area contributed by atoms with Crippen LogP contribution in [0.1, 0.15) is 32.8 Å². The first kappa shape index (κ1) is 13.7. The second-order valence-corrected chi connectivity index (χ2v) is 7.02. The van der Waals surface area contributed by atoms with Gasteiger partial charge in [0.25, 0.3) is 0 Å². The molecular weight excluding hydrogens is 246 g/mol. The number of aryl methyl sites for hydroxylation is 1. The van der Waals surface area contributed by atoms with Crippen molar-refractivity contribution >= 4 is 11.4 Å². The average Bonchev–Trinajstić information content (AvgIpc) is 2.46. The van der Waals surface area contributed by atoms with Crippen LogP contribution >= 0.6 is 0 Å². The molecule has 1 fully saturated rings. The minimum absolute atomic E-state index is 0.297. The molecule has 0 unspecified atom stereocenters. The summed E-state index contributed by atoms with van der Waals surface area (Å²) in [6.07, 6.45) is 2.48. The van der Waals surface area contributed by atoms with Crippen LogP contribution in [0.4, 0.5) is 11.4 Å². The summed E-state index contributed by atoms with van der Waals surface area (Å²) >= 11 is 0. The minimum atomic E-state index is 0.297. The Morgan fingerprint density at radius 3 is 2.50 bits per heavy atom. The number of hydrogen-bond acceptors (Lipinski definition) is 3. The highest BCUT2D eigenvalue weighted by atomic mass is 15.3. The summed E-state index contributed by atoms with van der Waals surface area (Å²) in [5.74, 6) is 0. The van der Waals surface area contributed by atoms with Crippen molar-refractivity contribution in [2.24, 2.45) is 0 Å². The monoisotopic (exact) mass is 273 g/mol. The van der Waals surface area contributed by atoms with Gasteiger partial charge < -0.3 is 10.2 Å². The van der Waals surface area contributed by atoms with E-state index in [4.69, 9.17) is 0 Å². The number of nitrogens with one attached hydrogen (secondary N) is 1. The van der Waals surface area contributed by atoms with E-state index >= 15 is 0 Å². The summed E-state index contributed by atoms with van der Waals surface area (Å²) in [4.78, 5) is 5.13. The normalized spacial score (nSPS) is 20.4. The van der Waals surface area contributed by atoms with Gasteiger partial charge in [0.05, 0.1) is 0 Å². The van der Waals surface area contributed by atoms with Gasteiger partial charge in [-0.05, 0) is 57.4 Å². The van der Waals surface area contributed by atoms with E-state index in [1.165, 1.54) is 42.9 Å². The summed E-state index contributed by atoms with van der Waals surface area (Å²) in [6, 6.07) is 6.94. The minimum Gasteiger partial charge on any atom is -0.385 e. The first-order chi connectivity index (χ1) is 9.54. The number of anilines is 2. The zero-order valence-electron chi connectivity index (χ0n) is 13.1. The van der Waals surface area contributed by atoms with E-state index in [2.05, 4.69) is 54.1 Å². The molecule has 2 aliphatic rings. The van der Waals surface area contributed by atoms with Crippen LogP contribution in [0.3, 0.4) is 0 Å². The Morgan fingerprint density at radius 2 is 1.80 bits per heavy atom. The largest absolute Gasteiger partial charge is 0.385 e. The van der Waals surface area contributed by atoms with Gasteiger partial charge in [-0.25, -0.2) is 0 Å². The van der Waals surface area contributed by atoms with Crippen LogP contribution in [0.15, 0.2) is 18.2 Å². The third kappa shape index (κ3) is 2.78. The maximum atomic E-state index is 3.49. The Morgan fingerprint density at radius 1 is 1.05 bits per heavy atom. The Labute approximate surface area is 123 Å². The van der Waals surface area contributed by atoms with Crippen molar-refractivity contribution < 1.29 is 0 Å². The average molecular weight is 273 g/mol. The number of nitrogens with zero attached hydrogens (tertiary/aromatic N) is 2. The molecule has 0 bridgehead atoms. The first-order valence-corrected chi connectivity index (χ1v) is 7.91. The highest BCUT2D eigenvalue weighted by molar-refractivity contribution is 5.62. The second-order valence-electron chi connectivity index (χ2n) is 7.02. The summed E-state index contributed by atoms with van der Waals surface area (Å²) < 4.78 is 0. The van der Waals surface area contributed by atoms with Crippen LogP contribution in [-0.2, 0) is 6.42 Å². The molecule has 2 heterocycles. The van der Waals surface area contributed by atoms with E-state index in [1.807, 2.05) is 0 Å². The molecule has 1 N–H and O–H groups in total. The third-order valence-electron chi connectivity index (χ3n) is 4.62. The van der Waals surface area contributed by atoms with Gasteiger partial charge in [0.15, 0.2) is 0 Å². The van der Waals surface area contributed by atoms with E-state index in [-0.39, 0.29) is 0 Å². The standard InChI is InChI=1S/C17H27N3/c1-17(2,3)20-11-9-19(10-12-20)15-6-7-16-14(13-15)5-4-8-18-16/h6-7,13,18H,4-5,8-12H2,1-3H3. The van der Waals surface area contributed by atoms with E-state index in [0.29, 0.717) is 5.54 Å². The Hall–Kier alpha value is -1.22. The molecule has 0 saturated carbocycles. The van der Waals surface area contributed by atoms with Gasteiger partial charge in [-0.1, -0.05) is 0 Å². The summed E-state index contributed by atoms with van der Waals surface area (Å²) in [6.45, 7) is 12.7. The van der Waals surface area contributed by atoms with Gasteiger partial charge in [-0.2, -0.15) is 0 Å². The van der Waals surface area contributed by atoms with Crippen LogP contribution in [0.25, 0.3) is 0 Å². The van der Waals surface area contributed by atoms with Gasteiger partial charge in [0.1, 0.15) is 0 Å². The molecule has 1 aromatic rings. The SMILES string of the molecule is CC(C)(C)N1CCN(c2ccc3c(c2)CCCN3)CC1. The van der Waals surface area contributed by atoms with E-state index < -0.39 is 0 Å². The first-order valence-electron chi connectivity index (χ1n) is 7.91. The van der Waals surface area contributed by atoms with Crippen LogP contribution in [0, 0.1) is 0 Å². The molecule has 20 heavy (non-hydrogen) atoms. The molecule has 0 aromatic heterocycles. The molecule has 0 spiro atoms. The molecule has 0 radical (unpaired) electrons. The van der Waals surface area contributed by atoms with Crippen molar-refractivity contribution in [2.45, 2.75) is 39.2 Å². The van der Waals surface area contributed by atoms with Crippen molar-refractivity contribution in [2.75, 3.05) is 42.9 Å². The van der Waals surface area contributed by atoms with Crippen LogP contribution in [0.5, 0.6) is 0 Å². The molecule has 3 rings (SSSR count). The molecule has 2 aliphatic heterocycles. The second kappa shape index (κ2) is 5.28. The number of benzene rings is 1. The molecule has 3 heteroatoms. The maximum absolute atomic E-state index is 3.49. The van der Waals surface area contributed by atoms with Gasteiger partial charge >= 0.3 is 0 Å². The van der Waals surface area contributed by atoms with Crippen molar-refractivity contribution in [3.05, 3.63) is 23.8 Å². The fourth-order valence-electron chi connectivity index (χ4n) is 3.29. The lowest BCUT2D eigenvalue weighted by atomic mass is 10.0. The number of fused-ring (bicyclic) bond motifs is 1. The van der Waals surface area contributed by atoms with Crippen molar-refractivity contribution in [1.82, 2.24) is 4.90 Å². The molecule has 110 valence electrons. The van der Waals surface area contributed by atoms with Gasteiger partial charge in [0, 0.05) is 49.6 Å². The molecule has 1 aromatic carbocycles. The topological polar surface area (TPSA) is 18.5 Å². The van der Waals surface area contributed by atoms with Gasteiger partial charge in [0.2, 0.25) is 0 Å². The lowest BCUT2D eigenvalue weighted by Gasteiger charge is -2.43. The molecule has 1 saturated heterocycles. The van der Waals surface area contributed by atoms with E-state index in [0.717, 1.165) is 19.6 Å². The Bertz CT molecular complexity index is 468. The summed E-state index contributed by atoms with van der Waals surface area (Å²) in [7, 11) is 0. The van der Waals surface area contributed by atoms with Gasteiger partial charge in [-0.3, -0.25) is 4.90 Å². The Balaban J connectivity index is 1.69. The molecule has 0 amide bonds. The molecular formula is C17H27N3. The van der Waals surface area contributed by atoms with Crippen molar-refractivity contribution in [1.29, 1.82) is 0 Å². The van der Waals surface area contributed by atoms with Gasteiger partial charge in [-0.15, -0.1) is 0 Å². The van der Waals surface area contributed by atoms with Crippen LogP contribution in [-0.4, -0.2) is 43.2 Å². The fraction of sp³-hybridized carbons (Fsp3) is 0.647. The van der Waals surface area contributed by atoms with Crippen molar-refractivity contribution in [3.8, 4) is 0 Å².